The van der Waals surface area contributed by atoms with Crippen molar-refractivity contribution in [2.24, 2.45) is 5.92 Å². The highest BCUT2D eigenvalue weighted by atomic mass is 16.3. The fraction of sp³-hybridized carbons (Fsp3) is 0.571. The number of nitrogens with one attached hydrogen (secondary N) is 1. The van der Waals surface area contributed by atoms with Gasteiger partial charge in [-0.1, -0.05) is 37.3 Å². The predicted octanol–water partition coefficient (Wildman–Crippen LogP) is 2.50. The van der Waals surface area contributed by atoms with Crippen LogP contribution < -0.4 is 5.32 Å². The van der Waals surface area contributed by atoms with Gasteiger partial charge in [0.05, 0.1) is 6.10 Å². The summed E-state index contributed by atoms with van der Waals surface area (Å²) in [6.07, 6.45) is 3.07. The quantitative estimate of drug-likeness (QED) is 0.818. The molecule has 0 unspecified atom stereocenters. The minimum atomic E-state index is -0.320. The topological polar surface area (TPSA) is 32.3 Å². The van der Waals surface area contributed by atoms with Gasteiger partial charge in [-0.3, -0.25) is 0 Å². The number of piperidine rings is 1. The third kappa shape index (κ3) is 2.45. The fourth-order valence-electron chi connectivity index (χ4n) is 2.70. The van der Waals surface area contributed by atoms with Crippen LogP contribution in [0.2, 0.25) is 0 Å². The first-order chi connectivity index (χ1) is 7.83. The molecule has 88 valence electrons. The molecule has 1 aliphatic heterocycles. The zero-order chi connectivity index (χ0) is 11.4. The van der Waals surface area contributed by atoms with Crippen LogP contribution in [0.15, 0.2) is 30.3 Å². The van der Waals surface area contributed by atoms with Crippen molar-refractivity contribution in [3.05, 3.63) is 35.9 Å². The summed E-state index contributed by atoms with van der Waals surface area (Å²) >= 11 is 0. The Morgan fingerprint density at radius 2 is 2.12 bits per heavy atom. The lowest BCUT2D eigenvalue weighted by molar-refractivity contribution is 0.0638. The number of hydrogen-bond donors (Lipinski definition) is 2. The SMILES string of the molecule is CC[C@H]1NCCC[C@H]1[C@H](O)c1ccccc1. The summed E-state index contributed by atoms with van der Waals surface area (Å²) in [7, 11) is 0. The van der Waals surface area contributed by atoms with Gasteiger partial charge >= 0.3 is 0 Å². The molecule has 1 aliphatic rings. The fourth-order valence-corrected chi connectivity index (χ4v) is 2.70. The van der Waals surface area contributed by atoms with Crippen molar-refractivity contribution < 1.29 is 5.11 Å². The molecule has 1 aromatic rings. The van der Waals surface area contributed by atoms with Gasteiger partial charge in [-0.25, -0.2) is 0 Å². The highest BCUT2D eigenvalue weighted by Crippen LogP contribution is 2.31. The summed E-state index contributed by atoms with van der Waals surface area (Å²) < 4.78 is 0. The van der Waals surface area contributed by atoms with Crippen LogP contribution in [-0.4, -0.2) is 17.7 Å². The van der Waals surface area contributed by atoms with Crippen LogP contribution in [0.3, 0.4) is 0 Å². The third-order valence-corrected chi connectivity index (χ3v) is 3.62. The van der Waals surface area contributed by atoms with Gasteiger partial charge in [0.25, 0.3) is 0 Å². The molecule has 1 aromatic carbocycles. The molecule has 0 radical (unpaired) electrons. The lowest BCUT2D eigenvalue weighted by atomic mass is 9.82. The molecule has 3 atom stereocenters. The second kappa shape index (κ2) is 5.46. The number of aliphatic hydroxyl groups excluding tert-OH is 1. The molecule has 1 fully saturated rings. The molecule has 2 heteroatoms. The van der Waals surface area contributed by atoms with E-state index in [0.717, 1.165) is 24.9 Å². The smallest absolute Gasteiger partial charge is 0.0833 e. The van der Waals surface area contributed by atoms with Gasteiger partial charge < -0.3 is 10.4 Å². The minimum Gasteiger partial charge on any atom is -0.388 e. The molecule has 0 aliphatic carbocycles. The first-order valence-electron chi connectivity index (χ1n) is 6.29. The van der Waals surface area contributed by atoms with Gasteiger partial charge in [-0.15, -0.1) is 0 Å². The zero-order valence-electron chi connectivity index (χ0n) is 9.89. The summed E-state index contributed by atoms with van der Waals surface area (Å²) in [5.41, 5.74) is 1.05. The Labute approximate surface area is 97.7 Å². The van der Waals surface area contributed by atoms with Crippen LogP contribution in [0.4, 0.5) is 0 Å². The van der Waals surface area contributed by atoms with E-state index in [-0.39, 0.29) is 6.10 Å². The second-order valence-corrected chi connectivity index (χ2v) is 4.63. The first kappa shape index (κ1) is 11.6. The maximum atomic E-state index is 10.4. The normalized spacial score (nSPS) is 27.6. The Hall–Kier alpha value is -0.860. The van der Waals surface area contributed by atoms with Crippen LogP contribution in [0.1, 0.15) is 37.9 Å². The van der Waals surface area contributed by atoms with E-state index in [2.05, 4.69) is 12.2 Å². The molecule has 1 saturated heterocycles. The largest absolute Gasteiger partial charge is 0.388 e. The minimum absolute atomic E-state index is 0.320. The maximum absolute atomic E-state index is 10.4. The van der Waals surface area contributed by atoms with E-state index in [1.807, 2.05) is 30.3 Å². The molecular formula is C14H21NO. The van der Waals surface area contributed by atoms with E-state index in [0.29, 0.717) is 12.0 Å². The Morgan fingerprint density at radius 3 is 2.81 bits per heavy atom. The van der Waals surface area contributed by atoms with Gasteiger partial charge in [0.2, 0.25) is 0 Å². The van der Waals surface area contributed by atoms with Crippen LogP contribution in [0.5, 0.6) is 0 Å². The van der Waals surface area contributed by atoms with Gasteiger partial charge in [0.1, 0.15) is 0 Å². The van der Waals surface area contributed by atoms with E-state index >= 15 is 0 Å². The summed E-state index contributed by atoms with van der Waals surface area (Å²) in [6, 6.07) is 10.5. The number of rotatable bonds is 3. The number of benzene rings is 1. The molecule has 16 heavy (non-hydrogen) atoms. The predicted molar refractivity (Wildman–Crippen MR) is 66.2 cm³/mol. The molecule has 2 N–H and O–H groups in total. The van der Waals surface area contributed by atoms with E-state index in [9.17, 15) is 5.11 Å². The lowest BCUT2D eigenvalue weighted by Crippen LogP contribution is -2.43. The van der Waals surface area contributed by atoms with Crippen molar-refractivity contribution >= 4 is 0 Å². The van der Waals surface area contributed by atoms with Crippen LogP contribution in [0.25, 0.3) is 0 Å². The van der Waals surface area contributed by atoms with Crippen molar-refractivity contribution in [3.63, 3.8) is 0 Å². The van der Waals surface area contributed by atoms with Crippen LogP contribution in [0, 0.1) is 5.92 Å². The number of aliphatic hydroxyl groups is 1. The standard InChI is InChI=1S/C14H21NO/c1-2-13-12(9-6-10-15-13)14(16)11-7-4-3-5-8-11/h3-5,7-8,12-16H,2,6,9-10H2,1H3/t12-,13-,14-/m1/s1. The van der Waals surface area contributed by atoms with Gasteiger partial charge in [0, 0.05) is 12.0 Å². The monoisotopic (exact) mass is 219 g/mol. The Bertz CT molecular complexity index is 312. The van der Waals surface area contributed by atoms with Gasteiger partial charge in [-0.2, -0.15) is 0 Å². The average Bonchev–Trinajstić information content (AvgIpc) is 2.39. The maximum Gasteiger partial charge on any atom is 0.0833 e. The molecular weight excluding hydrogens is 198 g/mol. The summed E-state index contributed by atoms with van der Waals surface area (Å²) in [6.45, 7) is 3.28. The van der Waals surface area contributed by atoms with Gasteiger partial charge in [-0.05, 0) is 31.4 Å². The van der Waals surface area contributed by atoms with Crippen molar-refractivity contribution in [2.45, 2.75) is 38.3 Å². The van der Waals surface area contributed by atoms with Gasteiger partial charge in [0.15, 0.2) is 0 Å². The van der Waals surface area contributed by atoms with Crippen molar-refractivity contribution in [1.82, 2.24) is 5.32 Å². The summed E-state index contributed by atoms with van der Waals surface area (Å²) in [4.78, 5) is 0. The third-order valence-electron chi connectivity index (χ3n) is 3.62. The van der Waals surface area contributed by atoms with Crippen molar-refractivity contribution in [3.8, 4) is 0 Å². The highest BCUT2D eigenvalue weighted by molar-refractivity contribution is 5.18. The molecule has 0 spiro atoms. The molecule has 2 nitrogen and oxygen atoms in total. The molecule has 0 aromatic heterocycles. The molecule has 1 heterocycles. The van der Waals surface area contributed by atoms with Crippen molar-refractivity contribution in [1.29, 1.82) is 0 Å². The van der Waals surface area contributed by atoms with Crippen molar-refractivity contribution in [2.75, 3.05) is 6.54 Å². The number of hydrogen-bond acceptors (Lipinski definition) is 2. The Morgan fingerprint density at radius 1 is 1.38 bits per heavy atom. The van der Waals surface area contributed by atoms with Crippen LogP contribution >= 0.6 is 0 Å². The second-order valence-electron chi connectivity index (χ2n) is 4.63. The van der Waals surface area contributed by atoms with E-state index in [1.165, 1.54) is 6.42 Å². The Balaban J connectivity index is 2.10. The first-order valence-corrected chi connectivity index (χ1v) is 6.29. The zero-order valence-corrected chi connectivity index (χ0v) is 9.89. The molecule has 0 saturated carbocycles. The highest BCUT2D eigenvalue weighted by Gasteiger charge is 2.30. The Kier molecular flexibility index (Phi) is 3.97. The van der Waals surface area contributed by atoms with E-state index in [4.69, 9.17) is 0 Å². The molecule has 0 amide bonds. The van der Waals surface area contributed by atoms with E-state index < -0.39 is 0 Å². The summed E-state index contributed by atoms with van der Waals surface area (Å²) in [5, 5.41) is 13.9. The molecule has 0 bridgehead atoms. The van der Waals surface area contributed by atoms with Crippen LogP contribution in [-0.2, 0) is 0 Å². The molecule has 2 rings (SSSR count). The summed E-state index contributed by atoms with van der Waals surface area (Å²) in [5.74, 6) is 0.362. The average molecular weight is 219 g/mol. The lowest BCUT2D eigenvalue weighted by Gasteiger charge is -2.35. The van der Waals surface area contributed by atoms with E-state index in [1.54, 1.807) is 0 Å².